The molecule has 0 unspecified atom stereocenters. The molecule has 0 atom stereocenters. The largest absolute Gasteiger partial charge is 0.497 e. The second-order valence-corrected chi connectivity index (χ2v) is 6.86. The monoisotopic (exact) mass is 331 g/mol. The van der Waals surface area contributed by atoms with Crippen LogP contribution in [0.1, 0.15) is 5.56 Å². The van der Waals surface area contributed by atoms with E-state index in [1.165, 1.54) is 23.2 Å². The lowest BCUT2D eigenvalue weighted by Gasteiger charge is -2.07. The van der Waals surface area contributed by atoms with Gasteiger partial charge in [0.2, 0.25) is 0 Å². The van der Waals surface area contributed by atoms with Crippen LogP contribution in [0.15, 0.2) is 53.7 Å². The van der Waals surface area contributed by atoms with Gasteiger partial charge in [0.05, 0.1) is 12.0 Å². The van der Waals surface area contributed by atoms with Crippen LogP contribution in [-0.2, 0) is 16.4 Å². The lowest BCUT2D eigenvalue weighted by molar-refractivity contribution is 0.414. The number of methoxy groups -OCH3 is 1. The summed E-state index contributed by atoms with van der Waals surface area (Å²) < 4.78 is 32.1. The van der Waals surface area contributed by atoms with E-state index in [1.807, 2.05) is 6.07 Å². The van der Waals surface area contributed by atoms with E-state index >= 15 is 0 Å². The van der Waals surface area contributed by atoms with Crippen molar-refractivity contribution in [3.63, 3.8) is 0 Å². The Morgan fingerprint density at radius 1 is 1.22 bits per heavy atom. The molecule has 2 aromatic heterocycles. The molecule has 3 aromatic rings. The molecule has 120 valence electrons. The molecule has 2 N–H and O–H groups in total. The van der Waals surface area contributed by atoms with Gasteiger partial charge in [-0.05, 0) is 54.9 Å². The van der Waals surface area contributed by atoms with Gasteiger partial charge in [0.1, 0.15) is 5.75 Å². The zero-order valence-electron chi connectivity index (χ0n) is 12.6. The van der Waals surface area contributed by atoms with E-state index in [1.54, 1.807) is 30.6 Å². The van der Waals surface area contributed by atoms with E-state index in [2.05, 4.69) is 4.98 Å². The summed E-state index contributed by atoms with van der Waals surface area (Å²) in [6.45, 7) is 0.441. The maximum Gasteiger partial charge on any atom is 0.269 e. The van der Waals surface area contributed by atoms with Crippen molar-refractivity contribution in [2.24, 2.45) is 5.73 Å². The summed E-state index contributed by atoms with van der Waals surface area (Å²) in [5.41, 5.74) is 6.90. The quantitative estimate of drug-likeness (QED) is 0.770. The minimum absolute atomic E-state index is 0.181. The highest BCUT2D eigenvalue weighted by molar-refractivity contribution is 7.90. The van der Waals surface area contributed by atoms with Crippen molar-refractivity contribution in [2.45, 2.75) is 11.3 Å². The fourth-order valence-electron chi connectivity index (χ4n) is 2.49. The van der Waals surface area contributed by atoms with Crippen LogP contribution in [0.3, 0.4) is 0 Å². The number of ether oxygens (including phenoxy) is 1. The molecule has 0 amide bonds. The number of nitrogens with two attached hydrogens (primary N) is 1. The van der Waals surface area contributed by atoms with E-state index in [9.17, 15) is 8.42 Å². The molecule has 0 aliphatic rings. The first kappa shape index (κ1) is 15.5. The van der Waals surface area contributed by atoms with Gasteiger partial charge in [-0.3, -0.25) is 0 Å². The maximum absolute atomic E-state index is 12.9. The Hall–Kier alpha value is -2.38. The van der Waals surface area contributed by atoms with Crippen molar-refractivity contribution >= 4 is 21.1 Å². The van der Waals surface area contributed by atoms with E-state index < -0.39 is 10.0 Å². The van der Waals surface area contributed by atoms with Gasteiger partial charge in [0.15, 0.2) is 5.65 Å². The molecule has 0 bridgehead atoms. The number of nitrogens with zero attached hydrogens (tertiary/aromatic N) is 2. The van der Waals surface area contributed by atoms with Gasteiger partial charge in [-0.2, -0.15) is 0 Å². The summed E-state index contributed by atoms with van der Waals surface area (Å²) in [5, 5.41) is 0.801. The van der Waals surface area contributed by atoms with Crippen molar-refractivity contribution in [3.8, 4) is 5.75 Å². The lowest BCUT2D eigenvalue weighted by Crippen LogP contribution is -2.12. The van der Waals surface area contributed by atoms with Crippen LogP contribution in [-0.4, -0.2) is 31.0 Å². The van der Waals surface area contributed by atoms with Crippen molar-refractivity contribution in [1.82, 2.24) is 8.96 Å². The molecule has 0 aliphatic carbocycles. The van der Waals surface area contributed by atoms with Gasteiger partial charge in [0, 0.05) is 17.8 Å². The smallest absolute Gasteiger partial charge is 0.269 e. The van der Waals surface area contributed by atoms with Crippen LogP contribution in [0.4, 0.5) is 0 Å². The van der Waals surface area contributed by atoms with Crippen LogP contribution < -0.4 is 10.5 Å². The molecule has 0 spiro atoms. The molecule has 0 fully saturated rings. The topological polar surface area (TPSA) is 87.2 Å². The van der Waals surface area contributed by atoms with Gasteiger partial charge in [-0.1, -0.05) is 0 Å². The van der Waals surface area contributed by atoms with Gasteiger partial charge in [-0.25, -0.2) is 17.4 Å². The fraction of sp³-hybridized carbons (Fsp3) is 0.188. The molecule has 7 heteroatoms. The summed E-state index contributed by atoms with van der Waals surface area (Å²) >= 11 is 0. The van der Waals surface area contributed by atoms with E-state index in [0.717, 1.165) is 10.9 Å². The van der Waals surface area contributed by atoms with Gasteiger partial charge in [0.25, 0.3) is 10.0 Å². The summed E-state index contributed by atoms with van der Waals surface area (Å²) in [6.07, 6.45) is 3.77. The van der Waals surface area contributed by atoms with Crippen LogP contribution in [0, 0.1) is 0 Å². The standard InChI is InChI=1S/C16H17N3O3S/c1-22-13-4-6-14(7-5-13)23(20,21)19-11-12(8-9-17)15-3-2-10-18-16(15)19/h2-7,10-11H,8-9,17H2,1H3. The second kappa shape index (κ2) is 6.02. The molecule has 23 heavy (non-hydrogen) atoms. The highest BCUT2D eigenvalue weighted by Gasteiger charge is 2.21. The second-order valence-electron chi connectivity index (χ2n) is 5.04. The number of fused-ring (bicyclic) bond motifs is 1. The molecule has 0 aliphatic heterocycles. The third-order valence-electron chi connectivity index (χ3n) is 3.64. The van der Waals surface area contributed by atoms with E-state index in [4.69, 9.17) is 10.5 Å². The van der Waals surface area contributed by atoms with Crippen LogP contribution in [0.25, 0.3) is 11.0 Å². The zero-order chi connectivity index (χ0) is 16.4. The normalized spacial score (nSPS) is 11.7. The highest BCUT2D eigenvalue weighted by atomic mass is 32.2. The predicted molar refractivity (Wildman–Crippen MR) is 88.1 cm³/mol. The van der Waals surface area contributed by atoms with Gasteiger partial charge < -0.3 is 10.5 Å². The molecular weight excluding hydrogens is 314 g/mol. The Balaban J connectivity index is 2.17. The van der Waals surface area contributed by atoms with Crippen molar-refractivity contribution in [1.29, 1.82) is 0 Å². The molecule has 0 saturated carbocycles. The Kier molecular flexibility index (Phi) is 4.06. The fourth-order valence-corrected chi connectivity index (χ4v) is 3.84. The lowest BCUT2D eigenvalue weighted by atomic mass is 10.2. The van der Waals surface area contributed by atoms with Gasteiger partial charge >= 0.3 is 0 Å². The Labute approximate surface area is 134 Å². The number of rotatable bonds is 5. The van der Waals surface area contributed by atoms with Crippen molar-refractivity contribution in [3.05, 3.63) is 54.4 Å². The van der Waals surface area contributed by atoms with Crippen LogP contribution >= 0.6 is 0 Å². The van der Waals surface area contributed by atoms with Crippen LogP contribution in [0.2, 0.25) is 0 Å². The van der Waals surface area contributed by atoms with Crippen molar-refractivity contribution in [2.75, 3.05) is 13.7 Å². The summed E-state index contributed by atoms with van der Waals surface area (Å²) in [6, 6.07) is 9.91. The number of aromatic nitrogens is 2. The first-order chi connectivity index (χ1) is 11.1. The third-order valence-corrected chi connectivity index (χ3v) is 5.31. The van der Waals surface area contributed by atoms with Crippen molar-refractivity contribution < 1.29 is 13.2 Å². The summed E-state index contributed by atoms with van der Waals surface area (Å²) in [7, 11) is -2.20. The average Bonchev–Trinajstić information content (AvgIpc) is 2.95. The van der Waals surface area contributed by atoms with Crippen LogP contribution in [0.5, 0.6) is 5.75 Å². The number of pyridine rings is 1. The maximum atomic E-state index is 12.9. The Bertz CT molecular complexity index is 931. The number of hydrogen-bond acceptors (Lipinski definition) is 5. The third kappa shape index (κ3) is 2.69. The molecular formula is C16H17N3O3S. The minimum Gasteiger partial charge on any atom is -0.497 e. The first-order valence-electron chi connectivity index (χ1n) is 7.12. The minimum atomic E-state index is -3.73. The molecule has 0 saturated heterocycles. The number of benzene rings is 1. The SMILES string of the molecule is COc1ccc(S(=O)(=O)n2cc(CCN)c3cccnc32)cc1. The predicted octanol–water partition coefficient (Wildman–Crippen LogP) is 1.78. The molecule has 6 nitrogen and oxygen atoms in total. The Morgan fingerprint density at radius 3 is 2.61 bits per heavy atom. The molecule has 0 radical (unpaired) electrons. The van der Waals surface area contributed by atoms with Gasteiger partial charge in [-0.15, -0.1) is 0 Å². The first-order valence-corrected chi connectivity index (χ1v) is 8.56. The average molecular weight is 331 g/mol. The Morgan fingerprint density at radius 2 is 1.96 bits per heavy atom. The number of hydrogen-bond donors (Lipinski definition) is 1. The van der Waals surface area contributed by atoms with E-state index in [-0.39, 0.29) is 4.90 Å². The highest BCUT2D eigenvalue weighted by Crippen LogP contribution is 2.25. The zero-order valence-corrected chi connectivity index (χ0v) is 13.5. The molecule has 3 rings (SSSR count). The summed E-state index contributed by atoms with van der Waals surface area (Å²) in [5.74, 6) is 0.600. The summed E-state index contributed by atoms with van der Waals surface area (Å²) in [4.78, 5) is 4.41. The molecule has 1 aromatic carbocycles. The van der Waals surface area contributed by atoms with E-state index in [0.29, 0.717) is 24.4 Å². The molecule has 2 heterocycles.